The fourth-order valence-corrected chi connectivity index (χ4v) is 1.33. The van der Waals surface area contributed by atoms with Crippen molar-refractivity contribution in [3.8, 4) is 0 Å². The van der Waals surface area contributed by atoms with Crippen LogP contribution in [0.2, 0.25) is 0 Å². The van der Waals surface area contributed by atoms with Gasteiger partial charge in [-0.25, -0.2) is 9.59 Å². The summed E-state index contributed by atoms with van der Waals surface area (Å²) in [6.45, 7) is 6.01. The number of amides is 2. The van der Waals surface area contributed by atoms with Crippen LogP contribution in [0.25, 0.3) is 0 Å². The lowest BCUT2D eigenvalue weighted by Gasteiger charge is -2.28. The summed E-state index contributed by atoms with van der Waals surface area (Å²) >= 11 is 0. The Balaban J connectivity index is 4.27. The van der Waals surface area contributed by atoms with Gasteiger partial charge in [0.05, 0.1) is 0 Å². The summed E-state index contributed by atoms with van der Waals surface area (Å²) in [5.41, 5.74) is -1.18. The quantitative estimate of drug-likeness (QED) is 0.673. The van der Waals surface area contributed by atoms with E-state index in [1.54, 1.807) is 14.0 Å². The molecule has 2 N–H and O–H groups in total. The van der Waals surface area contributed by atoms with Crippen LogP contribution in [0.3, 0.4) is 0 Å². The topological polar surface area (TPSA) is 69.6 Å². The van der Waals surface area contributed by atoms with Gasteiger partial charge >= 0.3 is 12.0 Å². The molecule has 17 heavy (non-hydrogen) atoms. The van der Waals surface area contributed by atoms with Gasteiger partial charge in [-0.1, -0.05) is 26.7 Å². The molecule has 0 aromatic carbocycles. The molecule has 0 aliphatic heterocycles. The van der Waals surface area contributed by atoms with Gasteiger partial charge in [0.25, 0.3) is 0 Å². The van der Waals surface area contributed by atoms with E-state index in [4.69, 9.17) is 5.11 Å². The van der Waals surface area contributed by atoms with E-state index in [1.807, 2.05) is 0 Å². The third-order valence-corrected chi connectivity index (χ3v) is 3.01. The molecule has 0 radical (unpaired) electrons. The Hall–Kier alpha value is -1.26. The van der Waals surface area contributed by atoms with E-state index in [0.717, 1.165) is 19.3 Å². The van der Waals surface area contributed by atoms with Gasteiger partial charge in [-0.15, -0.1) is 0 Å². The Kier molecular flexibility index (Phi) is 6.61. The van der Waals surface area contributed by atoms with Gasteiger partial charge < -0.3 is 15.3 Å². The smallest absolute Gasteiger partial charge is 0.329 e. The van der Waals surface area contributed by atoms with Crippen molar-refractivity contribution in [2.24, 2.45) is 0 Å². The third-order valence-electron chi connectivity index (χ3n) is 3.01. The fraction of sp³-hybridized carbons (Fsp3) is 0.833. The van der Waals surface area contributed by atoms with Crippen LogP contribution in [0.4, 0.5) is 4.79 Å². The lowest BCUT2D eigenvalue weighted by atomic mass is 10.00. The number of unbranched alkanes of at least 4 members (excludes halogenated alkanes) is 2. The fourth-order valence-electron chi connectivity index (χ4n) is 1.33. The highest BCUT2D eigenvalue weighted by Gasteiger charge is 2.33. The molecule has 0 aliphatic rings. The highest BCUT2D eigenvalue weighted by Crippen LogP contribution is 2.10. The van der Waals surface area contributed by atoms with Crippen molar-refractivity contribution in [3.05, 3.63) is 0 Å². The molecule has 0 aromatic heterocycles. The van der Waals surface area contributed by atoms with Gasteiger partial charge in [0, 0.05) is 13.6 Å². The summed E-state index contributed by atoms with van der Waals surface area (Å²) in [6, 6.07) is -0.326. The SMILES string of the molecule is CCCCCN(C)C(=O)NC(C)(CC)C(=O)O. The van der Waals surface area contributed by atoms with Crippen LogP contribution in [0.1, 0.15) is 46.5 Å². The van der Waals surface area contributed by atoms with Crippen molar-refractivity contribution >= 4 is 12.0 Å². The summed E-state index contributed by atoms with van der Waals surface area (Å²) in [6.07, 6.45) is 3.46. The molecular weight excluding hydrogens is 220 g/mol. The summed E-state index contributed by atoms with van der Waals surface area (Å²) in [5, 5.41) is 11.6. The second-order valence-electron chi connectivity index (χ2n) is 4.55. The number of urea groups is 1. The summed E-state index contributed by atoms with van der Waals surface area (Å²) in [5.74, 6) is -1.00. The molecule has 0 bridgehead atoms. The average Bonchev–Trinajstić information content (AvgIpc) is 2.28. The summed E-state index contributed by atoms with van der Waals surface area (Å²) in [4.78, 5) is 24.3. The Morgan fingerprint density at radius 2 is 1.88 bits per heavy atom. The highest BCUT2D eigenvalue weighted by molar-refractivity contribution is 5.85. The van der Waals surface area contributed by atoms with Crippen molar-refractivity contribution in [1.29, 1.82) is 0 Å². The maximum absolute atomic E-state index is 11.8. The van der Waals surface area contributed by atoms with Gasteiger partial charge in [0.15, 0.2) is 0 Å². The molecule has 0 heterocycles. The molecule has 0 spiro atoms. The maximum Gasteiger partial charge on any atom is 0.329 e. The second kappa shape index (κ2) is 7.14. The number of carbonyl (C=O) groups is 2. The first kappa shape index (κ1) is 15.7. The van der Waals surface area contributed by atoms with Crippen LogP contribution in [-0.2, 0) is 4.79 Å². The van der Waals surface area contributed by atoms with Crippen LogP contribution in [0.15, 0.2) is 0 Å². The first-order valence-corrected chi connectivity index (χ1v) is 6.14. The normalized spacial score (nSPS) is 13.9. The molecule has 0 rings (SSSR count). The Morgan fingerprint density at radius 1 is 1.29 bits per heavy atom. The predicted molar refractivity (Wildman–Crippen MR) is 67.0 cm³/mol. The number of carbonyl (C=O) groups excluding carboxylic acids is 1. The number of carboxylic acids is 1. The molecule has 0 aliphatic carbocycles. The van der Waals surface area contributed by atoms with Crippen molar-refractivity contribution in [3.63, 3.8) is 0 Å². The van der Waals surface area contributed by atoms with Crippen LogP contribution in [0, 0.1) is 0 Å². The van der Waals surface area contributed by atoms with Gasteiger partial charge in [0.1, 0.15) is 5.54 Å². The predicted octanol–water partition coefficient (Wildman–Crippen LogP) is 2.07. The Morgan fingerprint density at radius 3 is 2.29 bits per heavy atom. The number of nitrogens with zero attached hydrogens (tertiary/aromatic N) is 1. The van der Waals surface area contributed by atoms with Crippen molar-refractivity contribution in [2.75, 3.05) is 13.6 Å². The van der Waals surface area contributed by atoms with E-state index in [1.165, 1.54) is 11.8 Å². The molecule has 100 valence electrons. The monoisotopic (exact) mass is 244 g/mol. The van der Waals surface area contributed by atoms with E-state index in [9.17, 15) is 9.59 Å². The lowest BCUT2D eigenvalue weighted by molar-refractivity contribution is -0.143. The van der Waals surface area contributed by atoms with Crippen LogP contribution < -0.4 is 5.32 Å². The number of nitrogens with one attached hydrogen (secondary N) is 1. The van der Waals surface area contributed by atoms with Crippen molar-refractivity contribution < 1.29 is 14.7 Å². The number of rotatable bonds is 7. The largest absolute Gasteiger partial charge is 0.480 e. The highest BCUT2D eigenvalue weighted by atomic mass is 16.4. The molecule has 5 heteroatoms. The van der Waals surface area contributed by atoms with Crippen LogP contribution in [-0.4, -0.2) is 41.1 Å². The van der Waals surface area contributed by atoms with Gasteiger partial charge in [-0.2, -0.15) is 0 Å². The number of carboxylic acid groups (broad SMARTS) is 1. The number of hydrogen-bond acceptors (Lipinski definition) is 2. The minimum atomic E-state index is -1.18. The molecule has 2 amide bonds. The molecule has 0 fully saturated rings. The Bertz CT molecular complexity index is 268. The van der Waals surface area contributed by atoms with Gasteiger partial charge in [-0.05, 0) is 19.8 Å². The number of hydrogen-bond donors (Lipinski definition) is 2. The van der Waals surface area contributed by atoms with E-state index >= 15 is 0 Å². The maximum atomic E-state index is 11.8. The molecule has 0 saturated heterocycles. The van der Waals surface area contributed by atoms with E-state index in [2.05, 4.69) is 12.2 Å². The zero-order valence-electron chi connectivity index (χ0n) is 11.2. The van der Waals surface area contributed by atoms with E-state index in [0.29, 0.717) is 13.0 Å². The van der Waals surface area contributed by atoms with Crippen molar-refractivity contribution in [2.45, 2.75) is 52.0 Å². The standard InChI is InChI=1S/C12H24N2O3/c1-5-7-8-9-14(4)11(17)13-12(3,6-2)10(15)16/h5-9H2,1-4H3,(H,13,17)(H,15,16). The minimum Gasteiger partial charge on any atom is -0.480 e. The number of aliphatic carboxylic acids is 1. The molecule has 1 unspecified atom stereocenters. The zero-order chi connectivity index (χ0) is 13.5. The van der Waals surface area contributed by atoms with E-state index < -0.39 is 11.5 Å². The first-order chi connectivity index (χ1) is 7.87. The van der Waals surface area contributed by atoms with Crippen LogP contribution >= 0.6 is 0 Å². The summed E-state index contributed by atoms with van der Waals surface area (Å²) in [7, 11) is 1.68. The first-order valence-electron chi connectivity index (χ1n) is 6.14. The molecule has 5 nitrogen and oxygen atoms in total. The lowest BCUT2D eigenvalue weighted by Crippen LogP contribution is -2.55. The minimum absolute atomic E-state index is 0.326. The third kappa shape index (κ3) is 5.06. The molecule has 0 saturated carbocycles. The summed E-state index contributed by atoms with van der Waals surface area (Å²) < 4.78 is 0. The van der Waals surface area contributed by atoms with Gasteiger partial charge in [0.2, 0.25) is 0 Å². The Labute approximate surface area is 103 Å². The second-order valence-corrected chi connectivity index (χ2v) is 4.55. The molecular formula is C12H24N2O3. The van der Waals surface area contributed by atoms with Crippen molar-refractivity contribution in [1.82, 2.24) is 10.2 Å². The zero-order valence-corrected chi connectivity index (χ0v) is 11.2. The van der Waals surface area contributed by atoms with E-state index in [-0.39, 0.29) is 6.03 Å². The van der Waals surface area contributed by atoms with Crippen LogP contribution in [0.5, 0.6) is 0 Å². The molecule has 1 atom stereocenters. The molecule has 0 aromatic rings. The van der Waals surface area contributed by atoms with Gasteiger partial charge in [-0.3, -0.25) is 0 Å². The average molecular weight is 244 g/mol.